The maximum Gasteiger partial charge on any atom is 0.434 e. The summed E-state index contributed by atoms with van der Waals surface area (Å²) >= 11 is 0. The highest BCUT2D eigenvalue weighted by molar-refractivity contribution is 5.80. The third kappa shape index (κ3) is 6.36. The Labute approximate surface area is 152 Å². The minimum absolute atomic E-state index is 0.0206. The summed E-state index contributed by atoms with van der Waals surface area (Å²) in [6, 6.07) is 9.19. The normalized spacial score (nSPS) is 16.7. The fraction of sp³-hybridized carbons (Fsp3) is 0.500. The molecule has 1 aliphatic heterocycles. The number of hydrogen-bond acceptors (Lipinski definition) is 5. The van der Waals surface area contributed by atoms with Crippen molar-refractivity contribution in [1.82, 2.24) is 15.9 Å². The Bertz CT molecular complexity index is 621. The van der Waals surface area contributed by atoms with E-state index in [1.165, 1.54) is 0 Å². The lowest BCUT2D eigenvalue weighted by atomic mass is 9.91. The second-order valence-electron chi connectivity index (χ2n) is 6.85. The molecule has 1 atom stereocenters. The van der Waals surface area contributed by atoms with Crippen molar-refractivity contribution in [3.8, 4) is 0 Å². The molecule has 8 nitrogen and oxygen atoms in total. The van der Waals surface area contributed by atoms with Gasteiger partial charge in [-0.3, -0.25) is 14.4 Å². The Morgan fingerprint density at radius 2 is 2.12 bits per heavy atom. The van der Waals surface area contributed by atoms with Gasteiger partial charge in [0.1, 0.15) is 6.61 Å². The van der Waals surface area contributed by atoms with E-state index >= 15 is 0 Å². The van der Waals surface area contributed by atoms with Gasteiger partial charge in [-0.2, -0.15) is 0 Å². The maximum absolute atomic E-state index is 12.0. The van der Waals surface area contributed by atoms with Crippen LogP contribution in [-0.4, -0.2) is 35.7 Å². The largest absolute Gasteiger partial charge is 0.434 e. The van der Waals surface area contributed by atoms with Gasteiger partial charge < -0.3 is 10.6 Å². The molecule has 0 aliphatic carbocycles. The summed E-state index contributed by atoms with van der Waals surface area (Å²) in [5, 5.41) is 5.97. The highest BCUT2D eigenvalue weighted by Gasteiger charge is 2.29. The molecular formula is C18H25N3O5. The number of hydroxylamine groups is 2. The third-order valence-corrected chi connectivity index (χ3v) is 4.18. The molecule has 1 saturated heterocycles. The molecule has 2 rings (SSSR count). The molecule has 1 aliphatic rings. The SMILES string of the molecule is CC(C)(CCC1CCNC1=O)NC(=O)ON(C=O)OCc1ccccc1. The predicted octanol–water partition coefficient (Wildman–Crippen LogP) is 1.91. The topological polar surface area (TPSA) is 97.0 Å². The van der Waals surface area contributed by atoms with E-state index in [2.05, 4.69) is 10.6 Å². The number of benzene rings is 1. The van der Waals surface area contributed by atoms with E-state index in [9.17, 15) is 14.4 Å². The van der Waals surface area contributed by atoms with Crippen molar-refractivity contribution in [3.05, 3.63) is 35.9 Å². The molecule has 1 aromatic carbocycles. The van der Waals surface area contributed by atoms with Crippen molar-refractivity contribution < 1.29 is 24.1 Å². The quantitative estimate of drug-likeness (QED) is 0.516. The number of nitrogens with zero attached hydrogens (tertiary/aromatic N) is 1. The number of rotatable bonds is 9. The van der Waals surface area contributed by atoms with Crippen LogP contribution in [0.3, 0.4) is 0 Å². The van der Waals surface area contributed by atoms with Crippen LogP contribution in [0.4, 0.5) is 4.79 Å². The van der Waals surface area contributed by atoms with Crippen molar-refractivity contribution in [2.75, 3.05) is 6.54 Å². The third-order valence-electron chi connectivity index (χ3n) is 4.18. The van der Waals surface area contributed by atoms with E-state index in [0.29, 0.717) is 24.6 Å². The van der Waals surface area contributed by atoms with Gasteiger partial charge in [0.25, 0.3) is 6.41 Å². The first-order valence-corrected chi connectivity index (χ1v) is 8.59. The van der Waals surface area contributed by atoms with Crippen LogP contribution >= 0.6 is 0 Å². The van der Waals surface area contributed by atoms with Crippen LogP contribution < -0.4 is 10.6 Å². The number of nitrogens with one attached hydrogen (secondary N) is 2. The zero-order valence-electron chi connectivity index (χ0n) is 15.1. The van der Waals surface area contributed by atoms with Crippen molar-refractivity contribution in [1.29, 1.82) is 0 Å². The molecule has 0 aromatic heterocycles. The van der Waals surface area contributed by atoms with Crippen molar-refractivity contribution in [3.63, 3.8) is 0 Å². The van der Waals surface area contributed by atoms with E-state index < -0.39 is 11.6 Å². The van der Waals surface area contributed by atoms with Gasteiger partial charge in [-0.1, -0.05) is 30.3 Å². The zero-order valence-corrected chi connectivity index (χ0v) is 15.1. The van der Waals surface area contributed by atoms with E-state index in [4.69, 9.17) is 9.68 Å². The second kappa shape index (κ2) is 9.19. The summed E-state index contributed by atoms with van der Waals surface area (Å²) in [5.41, 5.74) is 0.243. The first-order valence-electron chi connectivity index (χ1n) is 8.59. The summed E-state index contributed by atoms with van der Waals surface area (Å²) in [6.45, 7) is 4.45. The first-order chi connectivity index (χ1) is 12.4. The lowest BCUT2D eigenvalue weighted by Crippen LogP contribution is -2.46. The minimum atomic E-state index is -0.800. The predicted molar refractivity (Wildman–Crippen MR) is 93.2 cm³/mol. The Hall–Kier alpha value is -2.61. The molecule has 1 fully saturated rings. The minimum Gasteiger partial charge on any atom is -0.356 e. The molecule has 2 N–H and O–H groups in total. The summed E-state index contributed by atoms with van der Waals surface area (Å²) in [7, 11) is 0. The molecule has 0 saturated carbocycles. The standard InChI is InChI=1S/C18H25N3O5/c1-18(2,10-8-15-9-11-19-16(15)23)20-17(24)26-21(13-22)25-12-14-6-4-3-5-7-14/h3-7,13,15H,8-12H2,1-2H3,(H,19,23)(H,20,24). The first kappa shape index (κ1) is 19.7. The van der Waals surface area contributed by atoms with Crippen molar-refractivity contribution in [2.24, 2.45) is 5.92 Å². The Morgan fingerprint density at radius 3 is 2.73 bits per heavy atom. The molecule has 1 heterocycles. The van der Waals surface area contributed by atoms with Crippen LogP contribution in [0.2, 0.25) is 0 Å². The molecule has 0 spiro atoms. The Balaban J connectivity index is 1.75. The average Bonchev–Trinajstić information content (AvgIpc) is 3.02. The van der Waals surface area contributed by atoms with E-state index in [-0.39, 0.29) is 24.8 Å². The second-order valence-corrected chi connectivity index (χ2v) is 6.85. The lowest BCUT2D eigenvalue weighted by Gasteiger charge is -2.27. The van der Waals surface area contributed by atoms with Crippen molar-refractivity contribution >= 4 is 18.4 Å². The molecule has 1 aromatic rings. The van der Waals surface area contributed by atoms with Crippen molar-refractivity contribution in [2.45, 2.75) is 45.3 Å². The van der Waals surface area contributed by atoms with Crippen LogP contribution in [0, 0.1) is 5.92 Å². The number of amides is 3. The van der Waals surface area contributed by atoms with Gasteiger partial charge in [0.2, 0.25) is 5.91 Å². The Kier molecular flexibility index (Phi) is 6.97. The molecule has 142 valence electrons. The van der Waals surface area contributed by atoms with E-state index in [1.54, 1.807) is 0 Å². The van der Waals surface area contributed by atoms with Gasteiger partial charge in [-0.15, -0.1) is 0 Å². The molecular weight excluding hydrogens is 338 g/mol. The number of hydrogen-bond donors (Lipinski definition) is 2. The molecule has 0 bridgehead atoms. The number of carbonyl (C=O) groups excluding carboxylic acids is 3. The van der Waals surface area contributed by atoms with Crippen LogP contribution in [0.1, 0.15) is 38.7 Å². The van der Waals surface area contributed by atoms with Crippen LogP contribution in [-0.2, 0) is 25.9 Å². The average molecular weight is 363 g/mol. The van der Waals surface area contributed by atoms with E-state index in [0.717, 1.165) is 12.0 Å². The van der Waals surface area contributed by atoms with Gasteiger partial charge in [0.05, 0.1) is 0 Å². The molecule has 26 heavy (non-hydrogen) atoms. The van der Waals surface area contributed by atoms with Crippen LogP contribution in [0.5, 0.6) is 0 Å². The van der Waals surface area contributed by atoms with Crippen LogP contribution in [0.15, 0.2) is 30.3 Å². The monoisotopic (exact) mass is 363 g/mol. The van der Waals surface area contributed by atoms with Gasteiger partial charge in [-0.05, 0) is 43.9 Å². The Morgan fingerprint density at radius 1 is 1.38 bits per heavy atom. The summed E-state index contributed by atoms with van der Waals surface area (Å²) < 4.78 is 0. The maximum atomic E-state index is 12.0. The van der Waals surface area contributed by atoms with E-state index in [1.807, 2.05) is 44.2 Å². The van der Waals surface area contributed by atoms with Gasteiger partial charge in [0, 0.05) is 18.0 Å². The highest BCUT2D eigenvalue weighted by Crippen LogP contribution is 2.21. The summed E-state index contributed by atoms with van der Waals surface area (Å²) in [4.78, 5) is 44.6. The summed E-state index contributed by atoms with van der Waals surface area (Å²) in [6.07, 6.45) is 1.56. The molecule has 0 radical (unpaired) electrons. The highest BCUT2D eigenvalue weighted by atomic mass is 17.0. The molecule has 1 unspecified atom stereocenters. The fourth-order valence-electron chi connectivity index (χ4n) is 2.69. The fourth-order valence-corrected chi connectivity index (χ4v) is 2.69. The van der Waals surface area contributed by atoms with Gasteiger partial charge >= 0.3 is 6.09 Å². The smallest absolute Gasteiger partial charge is 0.356 e. The molecule has 8 heteroatoms. The zero-order chi connectivity index (χ0) is 19.0. The van der Waals surface area contributed by atoms with Crippen LogP contribution in [0.25, 0.3) is 0 Å². The summed E-state index contributed by atoms with van der Waals surface area (Å²) in [5.74, 6) is 0.0394. The molecule has 3 amide bonds. The van der Waals surface area contributed by atoms with Gasteiger partial charge in [0.15, 0.2) is 0 Å². The van der Waals surface area contributed by atoms with Gasteiger partial charge in [-0.25, -0.2) is 9.63 Å². The number of carbonyl (C=O) groups is 3. The lowest BCUT2D eigenvalue weighted by molar-refractivity contribution is -0.308.